The maximum absolute atomic E-state index is 9.42. The van der Waals surface area contributed by atoms with Crippen LogP contribution < -0.4 is 0 Å². The summed E-state index contributed by atoms with van der Waals surface area (Å²) in [7, 11) is 0. The third kappa shape index (κ3) is 2.88. The molecule has 1 nitrogen and oxygen atoms in total. The van der Waals surface area contributed by atoms with Crippen LogP contribution in [0.4, 0.5) is 0 Å². The van der Waals surface area contributed by atoms with Crippen molar-refractivity contribution in [1.29, 1.82) is 5.26 Å². The number of nitriles is 1. The monoisotopic (exact) mass is 229 g/mol. The minimum absolute atomic E-state index is 0.190. The number of hydrogen-bond donors (Lipinski definition) is 0. The molecule has 1 aromatic rings. The van der Waals surface area contributed by atoms with E-state index >= 15 is 0 Å². The van der Waals surface area contributed by atoms with Crippen molar-refractivity contribution in [1.82, 2.24) is 0 Å². The summed E-state index contributed by atoms with van der Waals surface area (Å²) in [6, 6.07) is 6.97. The Hall–Kier alpha value is -1.29. The molecule has 0 N–H and O–H groups in total. The Kier molecular flexibility index (Phi) is 4.34. The number of hydrogen-bond acceptors (Lipinski definition) is 1. The molecular formula is C16H23N. The lowest BCUT2D eigenvalue weighted by Crippen LogP contribution is -2.20. The smallest absolute Gasteiger partial charge is 0.0693 e. The number of nitrogens with zero attached hydrogens (tertiary/aromatic N) is 1. The fraction of sp³-hybridized carbons (Fsp3) is 0.562. The van der Waals surface area contributed by atoms with Crippen molar-refractivity contribution in [3.05, 3.63) is 34.4 Å². The van der Waals surface area contributed by atoms with Crippen molar-refractivity contribution in [2.75, 3.05) is 0 Å². The lowest BCUT2D eigenvalue weighted by Gasteiger charge is -2.25. The summed E-state index contributed by atoms with van der Waals surface area (Å²) in [4.78, 5) is 0. The van der Waals surface area contributed by atoms with E-state index in [9.17, 15) is 5.26 Å². The number of rotatable bonds is 4. The van der Waals surface area contributed by atoms with E-state index < -0.39 is 0 Å². The van der Waals surface area contributed by atoms with E-state index in [0.29, 0.717) is 0 Å². The fourth-order valence-corrected chi connectivity index (χ4v) is 2.52. The van der Waals surface area contributed by atoms with Gasteiger partial charge in [0.2, 0.25) is 0 Å². The number of aryl methyl sites for hydroxylation is 3. The van der Waals surface area contributed by atoms with Crippen LogP contribution in [0.5, 0.6) is 0 Å². The highest BCUT2D eigenvalue weighted by molar-refractivity contribution is 5.38. The van der Waals surface area contributed by atoms with Gasteiger partial charge < -0.3 is 0 Å². The summed E-state index contributed by atoms with van der Waals surface area (Å²) < 4.78 is 0. The van der Waals surface area contributed by atoms with Crippen LogP contribution in [-0.4, -0.2) is 0 Å². The van der Waals surface area contributed by atoms with Gasteiger partial charge in [-0.15, -0.1) is 0 Å². The van der Waals surface area contributed by atoms with Crippen molar-refractivity contribution < 1.29 is 0 Å². The van der Waals surface area contributed by atoms with Gasteiger partial charge in [0.25, 0.3) is 0 Å². The van der Waals surface area contributed by atoms with Gasteiger partial charge in [-0.2, -0.15) is 5.26 Å². The lowest BCUT2D eigenvalue weighted by atomic mass is 9.76. The molecule has 0 aromatic heterocycles. The van der Waals surface area contributed by atoms with Crippen LogP contribution in [0.1, 0.15) is 48.9 Å². The Morgan fingerprint density at radius 3 is 1.88 bits per heavy atom. The summed E-state index contributed by atoms with van der Waals surface area (Å²) in [5.74, 6) is 0. The van der Waals surface area contributed by atoms with Gasteiger partial charge in [-0.05, 0) is 56.7 Å². The second-order valence-electron chi connectivity index (χ2n) is 5.15. The predicted octanol–water partition coefficient (Wildman–Crippen LogP) is 4.48. The SMILES string of the molecule is CCC(C#N)(CC)Cc1c(C)cc(C)cc1C. The van der Waals surface area contributed by atoms with E-state index in [-0.39, 0.29) is 5.41 Å². The molecule has 0 aliphatic carbocycles. The molecule has 0 amide bonds. The van der Waals surface area contributed by atoms with Crippen LogP contribution in [-0.2, 0) is 6.42 Å². The molecule has 0 unspecified atom stereocenters. The molecule has 0 radical (unpaired) electrons. The highest BCUT2D eigenvalue weighted by atomic mass is 14.4. The lowest BCUT2D eigenvalue weighted by molar-refractivity contribution is 0.362. The normalized spacial score (nSPS) is 11.3. The quantitative estimate of drug-likeness (QED) is 0.746. The van der Waals surface area contributed by atoms with Crippen molar-refractivity contribution in [2.24, 2.45) is 5.41 Å². The van der Waals surface area contributed by atoms with Gasteiger partial charge in [-0.25, -0.2) is 0 Å². The molecule has 0 fully saturated rings. The zero-order chi connectivity index (χ0) is 13.1. The molecule has 0 saturated heterocycles. The topological polar surface area (TPSA) is 23.8 Å². The minimum Gasteiger partial charge on any atom is -0.198 e. The van der Waals surface area contributed by atoms with E-state index in [1.165, 1.54) is 22.3 Å². The molecule has 0 spiro atoms. The van der Waals surface area contributed by atoms with E-state index in [4.69, 9.17) is 0 Å². The van der Waals surface area contributed by atoms with Gasteiger partial charge in [0.15, 0.2) is 0 Å². The van der Waals surface area contributed by atoms with Crippen LogP contribution in [0.25, 0.3) is 0 Å². The fourth-order valence-electron chi connectivity index (χ4n) is 2.52. The molecular weight excluding hydrogens is 206 g/mol. The summed E-state index contributed by atoms with van der Waals surface area (Å²) in [5, 5.41) is 9.42. The van der Waals surface area contributed by atoms with Gasteiger partial charge in [0.05, 0.1) is 11.5 Å². The maximum atomic E-state index is 9.42. The first-order chi connectivity index (χ1) is 7.98. The van der Waals surface area contributed by atoms with E-state index in [0.717, 1.165) is 19.3 Å². The van der Waals surface area contributed by atoms with Crippen molar-refractivity contribution in [3.8, 4) is 6.07 Å². The molecule has 0 heterocycles. The first-order valence-electron chi connectivity index (χ1n) is 6.46. The average Bonchev–Trinajstić information content (AvgIpc) is 2.29. The van der Waals surface area contributed by atoms with E-state index in [1.54, 1.807) is 0 Å². The van der Waals surface area contributed by atoms with Gasteiger partial charge in [-0.3, -0.25) is 0 Å². The molecule has 1 rings (SSSR count). The number of benzene rings is 1. The molecule has 1 heteroatoms. The first-order valence-corrected chi connectivity index (χ1v) is 6.46. The molecule has 0 aliphatic heterocycles. The van der Waals surface area contributed by atoms with Crippen molar-refractivity contribution in [2.45, 2.75) is 53.9 Å². The molecule has 92 valence electrons. The Bertz CT molecular complexity index is 410. The van der Waals surface area contributed by atoms with Crippen molar-refractivity contribution in [3.63, 3.8) is 0 Å². The van der Waals surface area contributed by atoms with Crippen LogP contribution in [0.15, 0.2) is 12.1 Å². The largest absolute Gasteiger partial charge is 0.198 e. The molecule has 0 saturated carbocycles. The standard InChI is InChI=1S/C16H23N/c1-6-16(7-2,11-17)10-15-13(4)8-12(3)9-14(15)5/h8-9H,6-7,10H2,1-5H3. The van der Waals surface area contributed by atoms with E-state index in [1.807, 2.05) is 0 Å². The summed E-state index contributed by atoms with van der Waals surface area (Å²) >= 11 is 0. The highest BCUT2D eigenvalue weighted by Crippen LogP contribution is 2.32. The molecule has 0 aliphatic rings. The molecule has 17 heavy (non-hydrogen) atoms. The zero-order valence-electron chi connectivity index (χ0n) is 11.7. The molecule has 0 atom stereocenters. The molecule has 1 aromatic carbocycles. The second-order valence-corrected chi connectivity index (χ2v) is 5.15. The summed E-state index contributed by atoms with van der Waals surface area (Å²) in [6.45, 7) is 10.7. The van der Waals surface area contributed by atoms with Gasteiger partial charge in [0.1, 0.15) is 0 Å². The summed E-state index contributed by atoms with van der Waals surface area (Å²) in [5.41, 5.74) is 5.12. The van der Waals surface area contributed by atoms with Crippen LogP contribution >= 0.6 is 0 Å². The third-order valence-corrected chi connectivity index (χ3v) is 3.95. The van der Waals surface area contributed by atoms with Crippen LogP contribution in [0, 0.1) is 37.5 Å². The van der Waals surface area contributed by atoms with Crippen LogP contribution in [0.2, 0.25) is 0 Å². The summed E-state index contributed by atoms with van der Waals surface area (Å²) in [6.07, 6.45) is 2.73. The second kappa shape index (κ2) is 5.36. The predicted molar refractivity (Wildman–Crippen MR) is 73.0 cm³/mol. The van der Waals surface area contributed by atoms with E-state index in [2.05, 4.69) is 52.8 Å². The first kappa shape index (κ1) is 13.8. The van der Waals surface area contributed by atoms with Crippen LogP contribution in [0.3, 0.4) is 0 Å². The Labute approximate surface area is 105 Å². The van der Waals surface area contributed by atoms with Gasteiger partial charge >= 0.3 is 0 Å². The average molecular weight is 229 g/mol. The third-order valence-electron chi connectivity index (χ3n) is 3.95. The van der Waals surface area contributed by atoms with Crippen molar-refractivity contribution >= 4 is 0 Å². The maximum Gasteiger partial charge on any atom is 0.0693 e. The Morgan fingerprint density at radius 2 is 1.53 bits per heavy atom. The Balaban J connectivity index is 3.15. The van der Waals surface area contributed by atoms with Gasteiger partial charge in [0, 0.05) is 0 Å². The molecule has 0 bridgehead atoms. The zero-order valence-corrected chi connectivity index (χ0v) is 11.7. The van der Waals surface area contributed by atoms with Gasteiger partial charge in [-0.1, -0.05) is 31.5 Å². The highest BCUT2D eigenvalue weighted by Gasteiger charge is 2.27. The minimum atomic E-state index is -0.190. The Morgan fingerprint density at radius 1 is 1.06 bits per heavy atom.